The summed E-state index contributed by atoms with van der Waals surface area (Å²) < 4.78 is 14.6. The molecule has 1 aromatic rings. The van der Waals surface area contributed by atoms with Crippen LogP contribution in [0.1, 0.15) is 5.56 Å². The first-order chi connectivity index (χ1) is 6.29. The fourth-order valence-corrected chi connectivity index (χ4v) is 1.15. The molecule has 0 saturated carbocycles. The second-order valence-corrected chi connectivity index (χ2v) is 2.63. The molecule has 0 N–H and O–H groups in total. The van der Waals surface area contributed by atoms with Crippen LogP contribution in [0, 0.1) is 0 Å². The van der Waals surface area contributed by atoms with Crippen molar-refractivity contribution in [1.82, 2.24) is 0 Å². The van der Waals surface area contributed by atoms with Gasteiger partial charge in [-0.3, -0.25) is 0 Å². The number of ether oxygens (including phenoxy) is 3. The van der Waals surface area contributed by atoms with E-state index in [0.717, 1.165) is 5.56 Å². The summed E-state index contributed by atoms with van der Waals surface area (Å²) in [5.74, 6) is 0.935. The molecule has 1 aromatic carbocycles. The molecule has 4 heteroatoms. The van der Waals surface area contributed by atoms with E-state index in [1.165, 1.54) is 7.11 Å². The third-order valence-corrected chi connectivity index (χ3v) is 1.78. The van der Waals surface area contributed by atoms with Gasteiger partial charge in [0.05, 0.1) is 7.11 Å². The van der Waals surface area contributed by atoms with Crippen molar-refractivity contribution in [1.29, 1.82) is 0 Å². The van der Waals surface area contributed by atoms with Crippen molar-refractivity contribution in [3.63, 3.8) is 0 Å². The van der Waals surface area contributed by atoms with Gasteiger partial charge in [0.25, 0.3) is 0 Å². The zero-order chi connectivity index (χ0) is 9.26. The van der Waals surface area contributed by atoms with E-state index >= 15 is 0 Å². The summed E-state index contributed by atoms with van der Waals surface area (Å²) in [6.45, 7) is 0.218. The van der Waals surface area contributed by atoms with Crippen LogP contribution in [0.5, 0.6) is 11.5 Å². The van der Waals surface area contributed by atoms with Gasteiger partial charge < -0.3 is 14.2 Å². The van der Waals surface area contributed by atoms with Crippen LogP contribution in [0.15, 0.2) is 18.2 Å². The van der Waals surface area contributed by atoms with E-state index in [2.05, 4.69) is 0 Å². The Balaban J connectivity index is 2.47. The Kier molecular flexibility index (Phi) is 1.81. The maximum Gasteiger partial charge on any atom is 0.514 e. The third kappa shape index (κ3) is 1.42. The lowest BCUT2D eigenvalue weighted by Crippen LogP contribution is -2.13. The molecule has 0 unspecified atom stereocenters. The lowest BCUT2D eigenvalue weighted by Gasteiger charge is -2.14. The number of carbonyl (C=O) groups is 1. The van der Waals surface area contributed by atoms with Gasteiger partial charge in [-0.15, -0.1) is 0 Å². The second kappa shape index (κ2) is 2.97. The minimum absolute atomic E-state index is 0.218. The van der Waals surface area contributed by atoms with Crippen molar-refractivity contribution >= 4 is 6.16 Å². The summed E-state index contributed by atoms with van der Waals surface area (Å²) in [5, 5.41) is 0. The molecule has 3 rings (SSSR count). The maximum absolute atomic E-state index is 10.9. The molecule has 0 radical (unpaired) electrons. The van der Waals surface area contributed by atoms with Crippen molar-refractivity contribution in [3.05, 3.63) is 23.8 Å². The van der Waals surface area contributed by atoms with Crippen molar-refractivity contribution < 1.29 is 19.0 Å². The summed E-state index contributed by atoms with van der Waals surface area (Å²) in [6, 6.07) is 5.29. The number of hydrogen-bond donors (Lipinski definition) is 0. The largest absolute Gasteiger partial charge is 0.514 e. The SMILES string of the molecule is COc1cc2ccc1OC(=O)OC2. The molecule has 0 amide bonds. The van der Waals surface area contributed by atoms with Crippen LogP contribution in [0.4, 0.5) is 4.79 Å². The number of hydrogen-bond acceptors (Lipinski definition) is 4. The second-order valence-electron chi connectivity index (χ2n) is 2.63. The lowest BCUT2D eigenvalue weighted by atomic mass is 10.2. The van der Waals surface area contributed by atoms with Crippen LogP contribution in [0.2, 0.25) is 0 Å². The molecular weight excluding hydrogens is 172 g/mol. The van der Waals surface area contributed by atoms with Gasteiger partial charge in [0.1, 0.15) is 6.61 Å². The topological polar surface area (TPSA) is 44.8 Å². The van der Waals surface area contributed by atoms with Crippen LogP contribution in [0.25, 0.3) is 0 Å². The lowest BCUT2D eigenvalue weighted by molar-refractivity contribution is 0.0891. The van der Waals surface area contributed by atoms with E-state index in [0.29, 0.717) is 11.5 Å². The van der Waals surface area contributed by atoms with Gasteiger partial charge in [-0.1, -0.05) is 6.07 Å². The van der Waals surface area contributed by atoms with E-state index in [4.69, 9.17) is 14.2 Å². The van der Waals surface area contributed by atoms with E-state index < -0.39 is 6.16 Å². The number of benzene rings is 1. The normalized spacial score (nSPS) is 14.1. The van der Waals surface area contributed by atoms with Gasteiger partial charge in [-0.25, -0.2) is 4.79 Å². The van der Waals surface area contributed by atoms with Gasteiger partial charge >= 0.3 is 6.16 Å². The molecule has 2 heterocycles. The maximum atomic E-state index is 10.9. The van der Waals surface area contributed by atoms with Gasteiger partial charge in [-0.05, 0) is 17.7 Å². The zero-order valence-electron chi connectivity index (χ0n) is 7.07. The standard InChI is InChI=1S/C9H8O4/c1-11-8-4-6-2-3-7(8)13-9(10)12-5-6/h2-4H,5H2,1H3. The average molecular weight is 180 g/mol. The van der Waals surface area contributed by atoms with Crippen molar-refractivity contribution in [2.45, 2.75) is 6.61 Å². The Labute approximate surface area is 75.0 Å². The summed E-state index contributed by atoms with van der Waals surface area (Å²) in [4.78, 5) is 10.9. The molecule has 0 saturated heterocycles. The van der Waals surface area contributed by atoms with E-state index in [9.17, 15) is 4.79 Å². The Morgan fingerprint density at radius 2 is 2.31 bits per heavy atom. The molecule has 4 nitrogen and oxygen atoms in total. The first-order valence-electron chi connectivity index (χ1n) is 3.81. The molecule has 0 fully saturated rings. The van der Waals surface area contributed by atoms with Crippen molar-refractivity contribution in [2.75, 3.05) is 7.11 Å². The van der Waals surface area contributed by atoms with Crippen molar-refractivity contribution in [2.24, 2.45) is 0 Å². The molecule has 2 bridgehead atoms. The highest BCUT2D eigenvalue weighted by atomic mass is 16.7. The zero-order valence-corrected chi connectivity index (χ0v) is 7.07. The summed E-state index contributed by atoms with van der Waals surface area (Å²) in [5.41, 5.74) is 0.886. The molecule has 68 valence electrons. The van der Waals surface area contributed by atoms with Crippen LogP contribution in [-0.4, -0.2) is 13.3 Å². The Morgan fingerprint density at radius 1 is 1.46 bits per heavy atom. The number of fused-ring (bicyclic) bond motifs is 5. The Morgan fingerprint density at radius 3 is 3.08 bits per heavy atom. The third-order valence-electron chi connectivity index (χ3n) is 1.78. The Bertz CT molecular complexity index is 345. The molecule has 0 aliphatic carbocycles. The van der Waals surface area contributed by atoms with E-state index in [1.54, 1.807) is 12.1 Å². The van der Waals surface area contributed by atoms with Crippen LogP contribution < -0.4 is 9.47 Å². The number of rotatable bonds is 1. The molecule has 2 aliphatic heterocycles. The smallest absolute Gasteiger partial charge is 0.493 e. The highest BCUT2D eigenvalue weighted by molar-refractivity contribution is 5.66. The quantitative estimate of drug-likeness (QED) is 0.487. The highest BCUT2D eigenvalue weighted by Gasteiger charge is 2.15. The summed E-state index contributed by atoms with van der Waals surface area (Å²) in [7, 11) is 1.53. The van der Waals surface area contributed by atoms with Crippen LogP contribution in [0.3, 0.4) is 0 Å². The number of methoxy groups -OCH3 is 1. The van der Waals surface area contributed by atoms with Crippen LogP contribution in [-0.2, 0) is 11.3 Å². The summed E-state index contributed by atoms with van der Waals surface area (Å²) in [6.07, 6.45) is -0.695. The first kappa shape index (κ1) is 7.91. The van der Waals surface area contributed by atoms with Gasteiger partial charge in [0.2, 0.25) is 0 Å². The van der Waals surface area contributed by atoms with Crippen molar-refractivity contribution in [3.8, 4) is 11.5 Å². The van der Waals surface area contributed by atoms with E-state index in [1.807, 2.05) is 6.07 Å². The number of carbonyl (C=O) groups excluding carboxylic acids is 1. The molecule has 13 heavy (non-hydrogen) atoms. The van der Waals surface area contributed by atoms with E-state index in [-0.39, 0.29) is 6.61 Å². The first-order valence-corrected chi connectivity index (χ1v) is 3.81. The highest BCUT2D eigenvalue weighted by Crippen LogP contribution is 2.30. The average Bonchev–Trinajstić information content (AvgIpc) is 2.12. The Hall–Kier alpha value is -1.71. The molecule has 2 aliphatic rings. The van der Waals surface area contributed by atoms with Gasteiger partial charge in [0, 0.05) is 0 Å². The molecule has 0 atom stereocenters. The summed E-state index contributed by atoms with van der Waals surface area (Å²) >= 11 is 0. The molecule has 0 spiro atoms. The predicted octanol–water partition coefficient (Wildman–Crippen LogP) is 1.72. The molecular formula is C9H8O4. The predicted molar refractivity (Wildman–Crippen MR) is 43.8 cm³/mol. The van der Waals surface area contributed by atoms with Gasteiger partial charge in [-0.2, -0.15) is 0 Å². The minimum atomic E-state index is -0.695. The monoisotopic (exact) mass is 180 g/mol. The molecule has 0 aromatic heterocycles. The minimum Gasteiger partial charge on any atom is -0.493 e. The van der Waals surface area contributed by atoms with Gasteiger partial charge in [0.15, 0.2) is 11.5 Å². The van der Waals surface area contributed by atoms with Crippen LogP contribution >= 0.6 is 0 Å². The fraction of sp³-hybridized carbons (Fsp3) is 0.222. The fourth-order valence-electron chi connectivity index (χ4n) is 1.15.